The molecule has 1 heterocycles. The minimum absolute atomic E-state index is 0.502. The van der Waals surface area contributed by atoms with Gasteiger partial charge in [-0.25, -0.2) is 0 Å². The van der Waals surface area contributed by atoms with E-state index in [-0.39, 0.29) is 0 Å². The first kappa shape index (κ1) is 11.7. The van der Waals surface area contributed by atoms with Gasteiger partial charge in [0.2, 0.25) is 0 Å². The van der Waals surface area contributed by atoms with E-state index in [1.165, 1.54) is 37.8 Å². The molecule has 0 radical (unpaired) electrons. The van der Waals surface area contributed by atoms with Gasteiger partial charge in [0, 0.05) is 12.6 Å². The predicted molar refractivity (Wildman–Crippen MR) is 69.6 cm³/mol. The molecule has 88 valence electrons. The van der Waals surface area contributed by atoms with E-state index in [2.05, 4.69) is 49.5 Å². The number of hydrogen-bond donors (Lipinski definition) is 1. The summed E-state index contributed by atoms with van der Waals surface area (Å²) in [7, 11) is 0. The molecule has 0 saturated carbocycles. The van der Waals surface area contributed by atoms with Crippen LogP contribution in [0.3, 0.4) is 0 Å². The van der Waals surface area contributed by atoms with Crippen LogP contribution in [0.5, 0.6) is 0 Å². The van der Waals surface area contributed by atoms with E-state index in [1.807, 2.05) is 0 Å². The Kier molecular flexibility index (Phi) is 3.65. The summed E-state index contributed by atoms with van der Waals surface area (Å²) in [6.07, 6.45) is 5.12. The molecule has 1 aliphatic heterocycles. The molecule has 0 bridgehead atoms. The van der Waals surface area contributed by atoms with Gasteiger partial charge in [-0.3, -0.25) is 0 Å². The van der Waals surface area contributed by atoms with E-state index in [0.717, 1.165) is 6.04 Å². The van der Waals surface area contributed by atoms with E-state index >= 15 is 0 Å². The Morgan fingerprint density at radius 1 is 1.25 bits per heavy atom. The normalized spacial score (nSPS) is 29.5. The highest BCUT2D eigenvalue weighted by atomic mass is 15.0. The van der Waals surface area contributed by atoms with E-state index in [9.17, 15) is 0 Å². The molecular weight excluding hydrogens is 194 g/mol. The summed E-state index contributed by atoms with van der Waals surface area (Å²) < 4.78 is 0. The number of rotatable bonds is 4. The van der Waals surface area contributed by atoms with Gasteiger partial charge in [0.15, 0.2) is 0 Å². The molecule has 16 heavy (non-hydrogen) atoms. The van der Waals surface area contributed by atoms with Crippen LogP contribution < -0.4 is 5.32 Å². The van der Waals surface area contributed by atoms with E-state index in [1.54, 1.807) is 0 Å². The highest BCUT2D eigenvalue weighted by molar-refractivity contribution is 5.17. The highest BCUT2D eigenvalue weighted by Crippen LogP contribution is 2.36. The molecule has 1 heteroatoms. The summed E-state index contributed by atoms with van der Waals surface area (Å²) in [6.45, 7) is 5.81. The molecular formula is C15H23N. The average molecular weight is 217 g/mol. The summed E-state index contributed by atoms with van der Waals surface area (Å²) in [5.41, 5.74) is 1.99. The van der Waals surface area contributed by atoms with Gasteiger partial charge >= 0.3 is 0 Å². The van der Waals surface area contributed by atoms with Crippen molar-refractivity contribution < 1.29 is 0 Å². The summed E-state index contributed by atoms with van der Waals surface area (Å²) in [6, 6.07) is 11.7. The Morgan fingerprint density at radius 2 is 2.00 bits per heavy atom. The van der Waals surface area contributed by atoms with Crippen LogP contribution in [0.4, 0.5) is 0 Å². The molecule has 0 amide bonds. The first-order chi connectivity index (χ1) is 7.78. The smallest absolute Gasteiger partial charge is 0.00705 e. The topological polar surface area (TPSA) is 12.0 Å². The quantitative estimate of drug-likeness (QED) is 0.815. The van der Waals surface area contributed by atoms with Gasteiger partial charge in [-0.1, -0.05) is 44.2 Å². The first-order valence-corrected chi connectivity index (χ1v) is 6.55. The average Bonchev–Trinajstić information content (AvgIpc) is 2.75. The zero-order valence-corrected chi connectivity index (χ0v) is 10.5. The lowest BCUT2D eigenvalue weighted by molar-refractivity contribution is 0.299. The third-order valence-electron chi connectivity index (χ3n) is 4.11. The minimum atomic E-state index is 0.502. The van der Waals surface area contributed by atoms with Gasteiger partial charge in [0.05, 0.1) is 0 Å². The van der Waals surface area contributed by atoms with Crippen LogP contribution >= 0.6 is 0 Å². The van der Waals surface area contributed by atoms with Gasteiger partial charge in [-0.15, -0.1) is 0 Å². The van der Waals surface area contributed by atoms with Crippen LogP contribution in [0.1, 0.15) is 38.7 Å². The third kappa shape index (κ3) is 2.46. The SMILES string of the molecule is CCC1CC(CC)(Cc2ccccc2)CN1. The zero-order valence-electron chi connectivity index (χ0n) is 10.5. The molecule has 1 aliphatic rings. The van der Waals surface area contributed by atoms with Crippen LogP contribution in [0.25, 0.3) is 0 Å². The Balaban J connectivity index is 2.06. The van der Waals surface area contributed by atoms with Crippen molar-refractivity contribution in [2.24, 2.45) is 5.41 Å². The fourth-order valence-corrected chi connectivity index (χ4v) is 2.87. The van der Waals surface area contributed by atoms with Crippen molar-refractivity contribution in [3.05, 3.63) is 35.9 Å². The maximum Gasteiger partial charge on any atom is 0.00705 e. The maximum absolute atomic E-state index is 3.67. The number of hydrogen-bond acceptors (Lipinski definition) is 1. The Bertz CT molecular complexity index is 319. The number of benzene rings is 1. The fourth-order valence-electron chi connectivity index (χ4n) is 2.87. The summed E-state index contributed by atoms with van der Waals surface area (Å²) in [5.74, 6) is 0. The lowest BCUT2D eigenvalue weighted by Gasteiger charge is -2.27. The second kappa shape index (κ2) is 5.01. The van der Waals surface area contributed by atoms with Gasteiger partial charge in [-0.05, 0) is 36.7 Å². The monoisotopic (exact) mass is 217 g/mol. The molecule has 1 nitrogen and oxygen atoms in total. The Labute approximate surface area is 99.3 Å². The van der Waals surface area contributed by atoms with E-state index in [4.69, 9.17) is 0 Å². The molecule has 0 spiro atoms. The Hall–Kier alpha value is -0.820. The summed E-state index contributed by atoms with van der Waals surface area (Å²) in [4.78, 5) is 0. The van der Waals surface area contributed by atoms with Crippen molar-refractivity contribution >= 4 is 0 Å². The van der Waals surface area contributed by atoms with Crippen LogP contribution in [0.15, 0.2) is 30.3 Å². The van der Waals surface area contributed by atoms with Crippen molar-refractivity contribution in [3.8, 4) is 0 Å². The van der Waals surface area contributed by atoms with Crippen molar-refractivity contribution in [1.82, 2.24) is 5.32 Å². The van der Waals surface area contributed by atoms with Crippen LogP contribution in [0, 0.1) is 5.41 Å². The van der Waals surface area contributed by atoms with Gasteiger partial charge in [0.25, 0.3) is 0 Å². The molecule has 1 saturated heterocycles. The first-order valence-electron chi connectivity index (χ1n) is 6.55. The largest absolute Gasteiger partial charge is 0.313 e. The second-order valence-electron chi connectivity index (χ2n) is 5.21. The molecule has 1 N–H and O–H groups in total. The van der Waals surface area contributed by atoms with Gasteiger partial charge in [0.1, 0.15) is 0 Å². The van der Waals surface area contributed by atoms with Crippen molar-refractivity contribution in [2.45, 2.75) is 45.6 Å². The number of nitrogens with one attached hydrogen (secondary N) is 1. The van der Waals surface area contributed by atoms with Gasteiger partial charge < -0.3 is 5.32 Å². The lowest BCUT2D eigenvalue weighted by atomic mass is 9.77. The van der Waals surface area contributed by atoms with Crippen LogP contribution in [0.2, 0.25) is 0 Å². The molecule has 2 atom stereocenters. The fraction of sp³-hybridized carbons (Fsp3) is 0.600. The molecule has 1 aromatic rings. The maximum atomic E-state index is 3.67. The van der Waals surface area contributed by atoms with Crippen molar-refractivity contribution in [3.63, 3.8) is 0 Å². The zero-order chi connectivity index (χ0) is 11.4. The van der Waals surface area contributed by atoms with Crippen LogP contribution in [-0.4, -0.2) is 12.6 Å². The standard InChI is InChI=1S/C15H23N/c1-3-14-11-15(4-2,12-16-14)10-13-8-6-5-7-9-13/h5-9,14,16H,3-4,10-12H2,1-2H3. The molecule has 2 unspecified atom stereocenters. The predicted octanol–water partition coefficient (Wildman–Crippen LogP) is 3.40. The Morgan fingerprint density at radius 3 is 2.56 bits per heavy atom. The molecule has 1 fully saturated rings. The summed E-state index contributed by atoms with van der Waals surface area (Å²) in [5, 5.41) is 3.67. The lowest BCUT2D eigenvalue weighted by Crippen LogP contribution is -2.25. The van der Waals surface area contributed by atoms with E-state index < -0.39 is 0 Å². The minimum Gasteiger partial charge on any atom is -0.313 e. The molecule has 2 rings (SSSR count). The van der Waals surface area contributed by atoms with Crippen molar-refractivity contribution in [2.75, 3.05) is 6.54 Å². The van der Waals surface area contributed by atoms with Gasteiger partial charge in [-0.2, -0.15) is 0 Å². The molecule has 0 aliphatic carbocycles. The third-order valence-corrected chi connectivity index (χ3v) is 4.11. The second-order valence-corrected chi connectivity index (χ2v) is 5.21. The highest BCUT2D eigenvalue weighted by Gasteiger charge is 2.36. The van der Waals surface area contributed by atoms with E-state index in [0.29, 0.717) is 5.41 Å². The molecule has 1 aromatic carbocycles. The van der Waals surface area contributed by atoms with Crippen molar-refractivity contribution in [1.29, 1.82) is 0 Å². The van der Waals surface area contributed by atoms with Crippen LogP contribution in [-0.2, 0) is 6.42 Å². The summed E-state index contributed by atoms with van der Waals surface area (Å²) >= 11 is 0. The molecule has 0 aromatic heterocycles.